The van der Waals surface area contributed by atoms with Gasteiger partial charge in [-0.1, -0.05) is 31.2 Å². The Labute approximate surface area is 217 Å². The zero-order valence-corrected chi connectivity index (χ0v) is 23.0. The number of ketones is 1. The van der Waals surface area contributed by atoms with E-state index in [1.54, 1.807) is 4.90 Å². The van der Waals surface area contributed by atoms with Crippen LogP contribution in [0.3, 0.4) is 0 Å². The quantitative estimate of drug-likeness (QED) is 0.370. The molecule has 0 fully saturated rings. The van der Waals surface area contributed by atoms with Crippen molar-refractivity contribution >= 4 is 17.4 Å². The molecule has 7 heteroatoms. The Morgan fingerprint density at radius 1 is 0.917 bits per heavy atom. The first-order valence-electron chi connectivity index (χ1n) is 12.9. The standard InChI is InChI=1S/C29H45N5O2/c1-7-29(32(3)4,28(36)25-13-15-26(16-14-25)33(5)19-8-17-30)22-24-11-9-23(10-12-24)21-27(35)34(6)20-18-31-2/h9-16,31H,7-8,17-22,30H2,1-6H3. The molecular formula is C29H45N5O2. The Kier molecular flexibility index (Phi) is 11.6. The number of likely N-dealkylation sites (N-methyl/N-ethyl adjacent to an activating group) is 3. The summed E-state index contributed by atoms with van der Waals surface area (Å²) in [4.78, 5) is 32.3. The highest BCUT2D eigenvalue weighted by molar-refractivity contribution is 6.03. The van der Waals surface area contributed by atoms with Crippen LogP contribution in [0, 0.1) is 0 Å². The van der Waals surface area contributed by atoms with Crippen molar-refractivity contribution in [3.63, 3.8) is 0 Å². The maximum Gasteiger partial charge on any atom is 0.226 e. The van der Waals surface area contributed by atoms with Crippen molar-refractivity contribution in [2.24, 2.45) is 5.73 Å². The van der Waals surface area contributed by atoms with Crippen LogP contribution in [0.5, 0.6) is 0 Å². The van der Waals surface area contributed by atoms with E-state index in [4.69, 9.17) is 5.73 Å². The molecule has 7 nitrogen and oxygen atoms in total. The third kappa shape index (κ3) is 7.63. The van der Waals surface area contributed by atoms with Gasteiger partial charge in [-0.3, -0.25) is 14.5 Å². The Morgan fingerprint density at radius 2 is 1.53 bits per heavy atom. The molecule has 2 aromatic rings. The maximum atomic E-state index is 13.8. The smallest absolute Gasteiger partial charge is 0.226 e. The predicted molar refractivity (Wildman–Crippen MR) is 150 cm³/mol. The van der Waals surface area contributed by atoms with Crippen LogP contribution in [0.1, 0.15) is 41.3 Å². The Bertz CT molecular complexity index is 959. The summed E-state index contributed by atoms with van der Waals surface area (Å²) in [6.07, 6.45) is 2.59. The monoisotopic (exact) mass is 495 g/mol. The van der Waals surface area contributed by atoms with Gasteiger partial charge in [-0.15, -0.1) is 0 Å². The molecule has 1 atom stereocenters. The molecular weight excluding hydrogens is 450 g/mol. The highest BCUT2D eigenvalue weighted by Gasteiger charge is 2.39. The number of nitrogens with two attached hydrogens (primary N) is 1. The fourth-order valence-electron chi connectivity index (χ4n) is 4.46. The summed E-state index contributed by atoms with van der Waals surface area (Å²) < 4.78 is 0. The van der Waals surface area contributed by atoms with Crippen molar-refractivity contribution < 1.29 is 9.59 Å². The summed E-state index contributed by atoms with van der Waals surface area (Å²) in [5, 5.41) is 3.07. The highest BCUT2D eigenvalue weighted by atomic mass is 16.2. The second-order valence-corrected chi connectivity index (χ2v) is 9.81. The molecule has 0 spiro atoms. The number of nitrogens with one attached hydrogen (secondary N) is 1. The van der Waals surface area contributed by atoms with E-state index in [-0.39, 0.29) is 11.7 Å². The number of carbonyl (C=O) groups excluding carboxylic acids is 2. The van der Waals surface area contributed by atoms with E-state index in [2.05, 4.69) is 17.1 Å². The van der Waals surface area contributed by atoms with Gasteiger partial charge in [0.2, 0.25) is 5.91 Å². The van der Waals surface area contributed by atoms with Crippen LogP contribution in [-0.4, -0.2) is 88.4 Å². The molecule has 0 bridgehead atoms. The normalized spacial score (nSPS) is 12.9. The number of nitrogens with zero attached hydrogens (tertiary/aromatic N) is 3. The minimum Gasteiger partial charge on any atom is -0.375 e. The average Bonchev–Trinajstić information content (AvgIpc) is 2.89. The molecule has 3 N–H and O–H groups in total. The molecule has 0 aromatic heterocycles. The first kappa shape index (κ1) is 29.5. The van der Waals surface area contributed by atoms with E-state index in [9.17, 15) is 9.59 Å². The third-order valence-electron chi connectivity index (χ3n) is 7.13. The second-order valence-electron chi connectivity index (χ2n) is 9.81. The van der Waals surface area contributed by atoms with Crippen LogP contribution < -0.4 is 16.0 Å². The fraction of sp³-hybridized carbons (Fsp3) is 0.517. The van der Waals surface area contributed by atoms with Crippen LogP contribution >= 0.6 is 0 Å². The van der Waals surface area contributed by atoms with Gasteiger partial charge in [0, 0.05) is 45.0 Å². The molecule has 2 rings (SSSR count). The van der Waals surface area contributed by atoms with Crippen LogP contribution in [0.4, 0.5) is 5.69 Å². The summed E-state index contributed by atoms with van der Waals surface area (Å²) in [5.74, 6) is 0.220. The molecule has 1 unspecified atom stereocenters. The number of amides is 1. The van der Waals surface area contributed by atoms with Gasteiger partial charge in [-0.05, 0) is 82.3 Å². The minimum atomic E-state index is -0.655. The van der Waals surface area contributed by atoms with Crippen molar-refractivity contribution in [1.29, 1.82) is 0 Å². The predicted octanol–water partition coefficient (Wildman–Crippen LogP) is 2.83. The molecule has 0 aliphatic rings. The Morgan fingerprint density at radius 3 is 2.06 bits per heavy atom. The van der Waals surface area contributed by atoms with Gasteiger partial charge in [0.25, 0.3) is 0 Å². The van der Waals surface area contributed by atoms with Crippen molar-refractivity contribution in [3.8, 4) is 0 Å². The second kappa shape index (κ2) is 14.1. The Hall–Kier alpha value is -2.74. The molecule has 0 aliphatic carbocycles. The summed E-state index contributed by atoms with van der Waals surface area (Å²) in [7, 11) is 9.70. The molecule has 2 aromatic carbocycles. The van der Waals surface area contributed by atoms with Gasteiger partial charge in [0.15, 0.2) is 5.78 Å². The molecule has 36 heavy (non-hydrogen) atoms. The largest absolute Gasteiger partial charge is 0.375 e. The van der Waals surface area contributed by atoms with Crippen molar-refractivity contribution in [2.75, 3.05) is 66.3 Å². The number of hydrogen-bond acceptors (Lipinski definition) is 6. The molecule has 0 saturated carbocycles. The van der Waals surface area contributed by atoms with Crippen LogP contribution in [0.2, 0.25) is 0 Å². The number of rotatable bonds is 15. The van der Waals surface area contributed by atoms with Gasteiger partial charge >= 0.3 is 0 Å². The highest BCUT2D eigenvalue weighted by Crippen LogP contribution is 2.29. The van der Waals surface area contributed by atoms with Gasteiger partial charge in [0.05, 0.1) is 12.0 Å². The summed E-state index contributed by atoms with van der Waals surface area (Å²) in [5.41, 5.74) is 8.83. The lowest BCUT2D eigenvalue weighted by Gasteiger charge is -2.38. The molecule has 1 amide bonds. The van der Waals surface area contributed by atoms with Crippen LogP contribution in [-0.2, 0) is 17.6 Å². The van der Waals surface area contributed by atoms with E-state index in [1.165, 1.54) is 0 Å². The molecule has 0 aliphatic heterocycles. The summed E-state index contributed by atoms with van der Waals surface area (Å²) in [6, 6.07) is 16.0. The first-order chi connectivity index (χ1) is 17.2. The molecule has 0 heterocycles. The number of Topliss-reactive ketones (excluding diaryl/α,β-unsaturated/α-hetero) is 1. The first-order valence-corrected chi connectivity index (χ1v) is 12.9. The zero-order valence-electron chi connectivity index (χ0n) is 23.0. The summed E-state index contributed by atoms with van der Waals surface area (Å²) in [6.45, 7) is 5.07. The minimum absolute atomic E-state index is 0.0986. The topological polar surface area (TPSA) is 81.9 Å². The average molecular weight is 496 g/mol. The van der Waals surface area contributed by atoms with Crippen molar-refractivity contribution in [3.05, 3.63) is 65.2 Å². The SMILES string of the molecule is CCC(Cc1ccc(CC(=O)N(C)CCNC)cc1)(C(=O)c1ccc(N(C)CCCN)cc1)N(C)C. The van der Waals surface area contributed by atoms with Gasteiger partial charge in [0.1, 0.15) is 0 Å². The van der Waals surface area contributed by atoms with Gasteiger partial charge in [-0.2, -0.15) is 0 Å². The van der Waals surface area contributed by atoms with Crippen LogP contribution in [0.15, 0.2) is 48.5 Å². The molecule has 198 valence electrons. The van der Waals surface area contributed by atoms with E-state index in [0.29, 0.717) is 37.9 Å². The van der Waals surface area contributed by atoms with Crippen LogP contribution in [0.25, 0.3) is 0 Å². The Balaban J connectivity index is 2.17. The lowest BCUT2D eigenvalue weighted by Crippen LogP contribution is -2.52. The van der Waals surface area contributed by atoms with E-state index in [0.717, 1.165) is 36.3 Å². The lowest BCUT2D eigenvalue weighted by atomic mass is 9.80. The van der Waals surface area contributed by atoms with Crippen molar-refractivity contribution in [2.45, 2.75) is 38.1 Å². The van der Waals surface area contributed by atoms with E-state index >= 15 is 0 Å². The van der Waals surface area contributed by atoms with Gasteiger partial charge < -0.3 is 20.9 Å². The molecule has 0 saturated heterocycles. The lowest BCUT2D eigenvalue weighted by molar-refractivity contribution is -0.129. The number of benzene rings is 2. The number of anilines is 1. The van der Waals surface area contributed by atoms with Gasteiger partial charge in [-0.25, -0.2) is 0 Å². The number of carbonyl (C=O) groups is 2. The summed E-state index contributed by atoms with van der Waals surface area (Å²) >= 11 is 0. The van der Waals surface area contributed by atoms with Crippen molar-refractivity contribution in [1.82, 2.24) is 15.1 Å². The zero-order chi connectivity index (χ0) is 26.7. The number of hydrogen-bond donors (Lipinski definition) is 2. The molecule has 0 radical (unpaired) electrons. The third-order valence-corrected chi connectivity index (χ3v) is 7.13. The fourth-order valence-corrected chi connectivity index (χ4v) is 4.46. The van der Waals surface area contributed by atoms with E-state index < -0.39 is 5.54 Å². The van der Waals surface area contributed by atoms with E-state index in [1.807, 2.05) is 88.7 Å². The maximum absolute atomic E-state index is 13.8.